The second-order valence-corrected chi connectivity index (χ2v) is 5.49. The molecule has 0 aliphatic rings. The molecule has 0 atom stereocenters. The molecule has 100 valence electrons. The molecule has 0 unspecified atom stereocenters. The Morgan fingerprint density at radius 3 is 2.68 bits per heavy atom. The minimum absolute atomic E-state index is 0.0753. The predicted octanol–water partition coefficient (Wildman–Crippen LogP) is 1.65. The average Bonchev–Trinajstić information content (AvgIpc) is 2.36. The molecule has 6 heteroatoms. The third-order valence-corrected chi connectivity index (χ3v) is 3.67. The highest BCUT2D eigenvalue weighted by Crippen LogP contribution is 2.10. The van der Waals surface area contributed by atoms with Gasteiger partial charge in [0, 0.05) is 13.2 Å². The number of hydrogen-bond acceptors (Lipinski definition) is 2. The minimum Gasteiger partial charge on any atom is -0.302 e. The molecule has 2 aromatic rings. The van der Waals surface area contributed by atoms with E-state index in [2.05, 4.69) is 0 Å². The molecule has 0 saturated carbocycles. The van der Waals surface area contributed by atoms with Gasteiger partial charge in [-0.25, -0.2) is 9.18 Å². The van der Waals surface area contributed by atoms with Crippen LogP contribution in [0, 0.1) is 16.3 Å². The molecule has 19 heavy (non-hydrogen) atoms. The maximum atomic E-state index is 13.2. The van der Waals surface area contributed by atoms with E-state index in [-0.39, 0.29) is 17.9 Å². The summed E-state index contributed by atoms with van der Waals surface area (Å²) in [5, 5.41) is 0. The fourth-order valence-electron chi connectivity index (χ4n) is 1.81. The number of hydrogen-bond donors (Lipinski definition) is 0. The van der Waals surface area contributed by atoms with Crippen molar-refractivity contribution in [2.45, 2.75) is 13.5 Å². The standard InChI is InChI=1S/C13H12FIN2O2/c1-8-3-4-10(14)5-9(8)6-17-12(18)11(15)7-16(2)13(17)19/h3-5,7H,6H2,1-2H3. The van der Waals surface area contributed by atoms with E-state index in [1.54, 1.807) is 13.1 Å². The van der Waals surface area contributed by atoms with Crippen molar-refractivity contribution in [3.8, 4) is 0 Å². The van der Waals surface area contributed by atoms with E-state index in [0.717, 1.165) is 10.1 Å². The lowest BCUT2D eigenvalue weighted by Gasteiger charge is -2.10. The highest BCUT2D eigenvalue weighted by atomic mass is 127. The highest BCUT2D eigenvalue weighted by molar-refractivity contribution is 14.1. The number of halogens is 2. The summed E-state index contributed by atoms with van der Waals surface area (Å²) in [7, 11) is 1.58. The Morgan fingerprint density at radius 2 is 2.00 bits per heavy atom. The molecular formula is C13H12FIN2O2. The van der Waals surface area contributed by atoms with Gasteiger partial charge in [0.2, 0.25) is 0 Å². The number of benzene rings is 1. The van der Waals surface area contributed by atoms with Crippen LogP contribution in [-0.2, 0) is 13.6 Å². The first-order valence-corrected chi connectivity index (χ1v) is 6.69. The lowest BCUT2D eigenvalue weighted by atomic mass is 10.1. The zero-order valence-corrected chi connectivity index (χ0v) is 12.6. The van der Waals surface area contributed by atoms with Crippen LogP contribution in [0.15, 0.2) is 34.0 Å². The molecule has 2 rings (SSSR count). The zero-order valence-electron chi connectivity index (χ0n) is 10.5. The Bertz CT molecular complexity index is 715. The fourth-order valence-corrected chi connectivity index (χ4v) is 2.52. The largest absolute Gasteiger partial charge is 0.331 e. The van der Waals surface area contributed by atoms with Crippen LogP contribution < -0.4 is 11.2 Å². The van der Waals surface area contributed by atoms with Crippen molar-refractivity contribution in [2.24, 2.45) is 7.05 Å². The first-order valence-electron chi connectivity index (χ1n) is 5.61. The molecule has 0 amide bonds. The molecule has 0 N–H and O–H groups in total. The molecule has 0 aliphatic heterocycles. The first-order chi connectivity index (χ1) is 8.90. The van der Waals surface area contributed by atoms with Crippen LogP contribution in [-0.4, -0.2) is 9.13 Å². The lowest BCUT2D eigenvalue weighted by molar-refractivity contribution is 0.609. The van der Waals surface area contributed by atoms with E-state index in [9.17, 15) is 14.0 Å². The molecule has 0 bridgehead atoms. The molecule has 0 saturated heterocycles. The van der Waals surface area contributed by atoms with Crippen LogP contribution in [0.4, 0.5) is 4.39 Å². The van der Waals surface area contributed by atoms with Gasteiger partial charge >= 0.3 is 5.69 Å². The lowest BCUT2D eigenvalue weighted by Crippen LogP contribution is -2.40. The van der Waals surface area contributed by atoms with Crippen LogP contribution in [0.25, 0.3) is 0 Å². The molecule has 0 fully saturated rings. The van der Waals surface area contributed by atoms with Crippen molar-refractivity contribution >= 4 is 22.6 Å². The Kier molecular flexibility index (Phi) is 3.88. The summed E-state index contributed by atoms with van der Waals surface area (Å²) in [4.78, 5) is 24.0. The van der Waals surface area contributed by atoms with E-state index in [4.69, 9.17) is 0 Å². The molecule has 0 aliphatic carbocycles. The first kappa shape index (κ1) is 14.0. The van der Waals surface area contributed by atoms with Gasteiger partial charge < -0.3 is 4.57 Å². The minimum atomic E-state index is -0.408. The summed E-state index contributed by atoms with van der Waals surface area (Å²) >= 11 is 1.88. The SMILES string of the molecule is Cc1ccc(F)cc1Cn1c(=O)c(I)cn(C)c1=O. The zero-order chi connectivity index (χ0) is 14.2. The quantitative estimate of drug-likeness (QED) is 0.751. The van der Waals surface area contributed by atoms with Crippen LogP contribution >= 0.6 is 22.6 Å². The molecule has 1 heterocycles. The number of aryl methyl sites for hydroxylation is 2. The molecule has 1 aromatic heterocycles. The van der Waals surface area contributed by atoms with Gasteiger partial charge in [-0.3, -0.25) is 9.36 Å². The second-order valence-electron chi connectivity index (χ2n) is 4.33. The molecule has 1 aromatic carbocycles. The van der Waals surface area contributed by atoms with Gasteiger partial charge in [-0.1, -0.05) is 6.07 Å². The van der Waals surface area contributed by atoms with Crippen LogP contribution in [0.1, 0.15) is 11.1 Å². The van der Waals surface area contributed by atoms with E-state index in [0.29, 0.717) is 9.13 Å². The number of rotatable bonds is 2. The number of aromatic nitrogens is 2. The maximum absolute atomic E-state index is 13.2. The van der Waals surface area contributed by atoms with Gasteiger partial charge in [-0.05, 0) is 52.8 Å². The van der Waals surface area contributed by atoms with Crippen molar-refractivity contribution in [1.82, 2.24) is 9.13 Å². The molecule has 4 nitrogen and oxygen atoms in total. The van der Waals surface area contributed by atoms with Gasteiger partial charge in [0.25, 0.3) is 5.56 Å². The molecule has 0 spiro atoms. The average molecular weight is 374 g/mol. The third-order valence-electron chi connectivity index (χ3n) is 2.93. The van der Waals surface area contributed by atoms with Gasteiger partial charge in [0.05, 0.1) is 10.1 Å². The smallest absolute Gasteiger partial charge is 0.302 e. The van der Waals surface area contributed by atoms with E-state index in [1.165, 1.54) is 22.9 Å². The monoisotopic (exact) mass is 374 g/mol. The maximum Gasteiger partial charge on any atom is 0.331 e. The van der Waals surface area contributed by atoms with Gasteiger partial charge in [0.1, 0.15) is 5.82 Å². The predicted molar refractivity (Wildman–Crippen MR) is 78.9 cm³/mol. The molecular weight excluding hydrogens is 362 g/mol. The van der Waals surface area contributed by atoms with Crippen LogP contribution in [0.5, 0.6) is 0 Å². The van der Waals surface area contributed by atoms with Crippen LogP contribution in [0.3, 0.4) is 0 Å². The Labute approximate surface area is 122 Å². The van der Waals surface area contributed by atoms with Crippen molar-refractivity contribution in [3.63, 3.8) is 0 Å². The summed E-state index contributed by atoms with van der Waals surface area (Å²) < 4.78 is 16.1. The van der Waals surface area contributed by atoms with E-state index in [1.807, 2.05) is 29.5 Å². The van der Waals surface area contributed by atoms with Gasteiger partial charge in [-0.15, -0.1) is 0 Å². The third kappa shape index (κ3) is 2.78. The van der Waals surface area contributed by atoms with Gasteiger partial charge in [0.15, 0.2) is 0 Å². The van der Waals surface area contributed by atoms with E-state index >= 15 is 0 Å². The Balaban J connectivity index is 2.59. The summed E-state index contributed by atoms with van der Waals surface area (Å²) in [6, 6.07) is 4.34. The molecule has 0 radical (unpaired) electrons. The Hall–Kier alpha value is -1.44. The highest BCUT2D eigenvalue weighted by Gasteiger charge is 2.10. The van der Waals surface area contributed by atoms with Crippen molar-refractivity contribution in [2.75, 3.05) is 0 Å². The number of nitrogens with zero attached hydrogens (tertiary/aromatic N) is 2. The summed E-state index contributed by atoms with van der Waals surface area (Å²) in [5.74, 6) is -0.379. The fraction of sp³-hybridized carbons (Fsp3) is 0.231. The van der Waals surface area contributed by atoms with Crippen molar-refractivity contribution in [1.29, 1.82) is 0 Å². The second kappa shape index (κ2) is 5.28. The summed E-state index contributed by atoms with van der Waals surface area (Å²) in [5.41, 5.74) is 0.705. The van der Waals surface area contributed by atoms with Gasteiger partial charge in [-0.2, -0.15) is 0 Å². The van der Waals surface area contributed by atoms with Crippen molar-refractivity contribution in [3.05, 3.63) is 65.7 Å². The normalized spacial score (nSPS) is 10.7. The topological polar surface area (TPSA) is 44.0 Å². The Morgan fingerprint density at radius 1 is 1.32 bits per heavy atom. The van der Waals surface area contributed by atoms with Crippen LogP contribution in [0.2, 0.25) is 0 Å². The summed E-state index contributed by atoms with van der Waals surface area (Å²) in [6.07, 6.45) is 1.49. The summed E-state index contributed by atoms with van der Waals surface area (Å²) in [6.45, 7) is 1.89. The van der Waals surface area contributed by atoms with E-state index < -0.39 is 5.69 Å². The van der Waals surface area contributed by atoms with Crippen molar-refractivity contribution < 1.29 is 4.39 Å².